The Kier molecular flexibility index (Phi) is 8.34. The molecule has 2 unspecified atom stereocenters. The molecule has 0 aliphatic rings. The summed E-state index contributed by atoms with van der Waals surface area (Å²) in [5, 5.41) is 18.1. The number of aliphatic hydroxyl groups is 2. The van der Waals surface area contributed by atoms with E-state index in [2.05, 4.69) is 19.1 Å². The summed E-state index contributed by atoms with van der Waals surface area (Å²) in [6, 6.07) is 0. The third-order valence-corrected chi connectivity index (χ3v) is 2.22. The van der Waals surface area contributed by atoms with Gasteiger partial charge in [-0.2, -0.15) is 0 Å². The molecule has 0 fully saturated rings. The fourth-order valence-electron chi connectivity index (χ4n) is 1.19. The van der Waals surface area contributed by atoms with Gasteiger partial charge in [0.2, 0.25) is 0 Å². The van der Waals surface area contributed by atoms with Crippen LogP contribution in [0.5, 0.6) is 0 Å². The first-order valence-corrected chi connectivity index (χ1v) is 5.70. The van der Waals surface area contributed by atoms with Gasteiger partial charge in [-0.15, -0.1) is 0 Å². The molecule has 0 bridgehead atoms. The minimum Gasteiger partial charge on any atom is -0.393 e. The quantitative estimate of drug-likeness (QED) is 0.637. The van der Waals surface area contributed by atoms with E-state index in [0.29, 0.717) is 0 Å². The molecule has 2 atom stereocenters. The Morgan fingerprint density at radius 2 is 1.73 bits per heavy atom. The van der Waals surface area contributed by atoms with Crippen LogP contribution >= 0.6 is 0 Å². The number of hydrogen-bond acceptors (Lipinski definition) is 2. The second kappa shape index (κ2) is 8.69. The Hall–Kier alpha value is -0.600. The highest BCUT2D eigenvalue weighted by Gasteiger charge is 1.95. The molecule has 2 N–H and O–H groups in total. The standard InChI is InChI=1S/C13H24O2/c1-11(9-10-13(3)15)7-5-4-6-8-12(2)14/h4-5,7,12-15H,6,8-10H2,1-3H3. The molecule has 2 nitrogen and oxygen atoms in total. The molecule has 0 saturated heterocycles. The van der Waals surface area contributed by atoms with E-state index in [1.165, 1.54) is 5.57 Å². The van der Waals surface area contributed by atoms with E-state index in [-0.39, 0.29) is 12.2 Å². The lowest BCUT2D eigenvalue weighted by atomic mass is 10.1. The number of aliphatic hydroxyl groups excluding tert-OH is 2. The van der Waals surface area contributed by atoms with Gasteiger partial charge in [0.1, 0.15) is 0 Å². The monoisotopic (exact) mass is 212 g/mol. The van der Waals surface area contributed by atoms with Crippen LogP contribution in [0.3, 0.4) is 0 Å². The van der Waals surface area contributed by atoms with E-state index in [1.54, 1.807) is 6.92 Å². The van der Waals surface area contributed by atoms with Gasteiger partial charge < -0.3 is 10.2 Å². The van der Waals surface area contributed by atoms with Gasteiger partial charge in [-0.05, 0) is 46.5 Å². The van der Waals surface area contributed by atoms with Gasteiger partial charge >= 0.3 is 0 Å². The Labute approximate surface area is 93.3 Å². The maximum absolute atomic E-state index is 9.10. The third-order valence-electron chi connectivity index (χ3n) is 2.22. The molecule has 0 amide bonds. The van der Waals surface area contributed by atoms with Crippen molar-refractivity contribution in [2.24, 2.45) is 0 Å². The minimum absolute atomic E-state index is 0.213. The van der Waals surface area contributed by atoms with Crippen molar-refractivity contribution in [3.63, 3.8) is 0 Å². The molecule has 0 heterocycles. The van der Waals surface area contributed by atoms with Crippen LogP contribution < -0.4 is 0 Å². The van der Waals surface area contributed by atoms with E-state index >= 15 is 0 Å². The largest absolute Gasteiger partial charge is 0.393 e. The SMILES string of the molecule is CC(=CC=CCCC(C)O)CCC(C)O. The highest BCUT2D eigenvalue weighted by atomic mass is 16.3. The van der Waals surface area contributed by atoms with Crippen LogP contribution in [0, 0.1) is 0 Å². The van der Waals surface area contributed by atoms with Crippen LogP contribution in [0.15, 0.2) is 23.8 Å². The number of rotatable bonds is 7. The molecule has 0 aromatic heterocycles. The van der Waals surface area contributed by atoms with Crippen molar-refractivity contribution in [3.05, 3.63) is 23.8 Å². The summed E-state index contributed by atoms with van der Waals surface area (Å²) < 4.78 is 0. The van der Waals surface area contributed by atoms with E-state index in [1.807, 2.05) is 13.0 Å². The van der Waals surface area contributed by atoms with Crippen LogP contribution in [0.4, 0.5) is 0 Å². The molecule has 0 aromatic rings. The average molecular weight is 212 g/mol. The van der Waals surface area contributed by atoms with Crippen LogP contribution in [-0.4, -0.2) is 22.4 Å². The Balaban J connectivity index is 3.64. The predicted molar refractivity (Wildman–Crippen MR) is 64.7 cm³/mol. The van der Waals surface area contributed by atoms with E-state index in [9.17, 15) is 0 Å². The summed E-state index contributed by atoms with van der Waals surface area (Å²) in [5.74, 6) is 0. The summed E-state index contributed by atoms with van der Waals surface area (Å²) in [7, 11) is 0. The molecule has 0 aliphatic carbocycles. The summed E-state index contributed by atoms with van der Waals surface area (Å²) >= 11 is 0. The van der Waals surface area contributed by atoms with Crippen molar-refractivity contribution < 1.29 is 10.2 Å². The summed E-state index contributed by atoms with van der Waals surface area (Å²) in [6.45, 7) is 5.69. The maximum Gasteiger partial charge on any atom is 0.0515 e. The lowest BCUT2D eigenvalue weighted by molar-refractivity contribution is 0.184. The Morgan fingerprint density at radius 1 is 1.13 bits per heavy atom. The molecule has 15 heavy (non-hydrogen) atoms. The fraction of sp³-hybridized carbons (Fsp3) is 0.692. The van der Waals surface area contributed by atoms with Gasteiger partial charge in [0.05, 0.1) is 12.2 Å². The molecular formula is C13H24O2. The first-order valence-electron chi connectivity index (χ1n) is 5.70. The average Bonchev–Trinajstić information content (AvgIpc) is 2.13. The van der Waals surface area contributed by atoms with Gasteiger partial charge in [0.15, 0.2) is 0 Å². The zero-order chi connectivity index (χ0) is 11.7. The van der Waals surface area contributed by atoms with Crippen molar-refractivity contribution in [2.75, 3.05) is 0 Å². The highest BCUT2D eigenvalue weighted by molar-refractivity contribution is 5.10. The molecule has 2 heteroatoms. The first kappa shape index (κ1) is 14.4. The second-order valence-corrected chi connectivity index (χ2v) is 4.26. The van der Waals surface area contributed by atoms with E-state index in [4.69, 9.17) is 10.2 Å². The summed E-state index contributed by atoms with van der Waals surface area (Å²) in [5.41, 5.74) is 1.28. The molecule has 88 valence electrons. The maximum atomic E-state index is 9.10. The van der Waals surface area contributed by atoms with E-state index in [0.717, 1.165) is 25.7 Å². The molecular weight excluding hydrogens is 188 g/mol. The fourth-order valence-corrected chi connectivity index (χ4v) is 1.19. The molecule has 0 radical (unpaired) electrons. The summed E-state index contributed by atoms with van der Waals surface area (Å²) in [4.78, 5) is 0. The Bertz CT molecular complexity index is 203. The van der Waals surface area contributed by atoms with E-state index < -0.39 is 0 Å². The van der Waals surface area contributed by atoms with Gasteiger partial charge in [-0.1, -0.05) is 23.8 Å². The zero-order valence-electron chi connectivity index (χ0n) is 10.1. The smallest absolute Gasteiger partial charge is 0.0515 e. The van der Waals surface area contributed by atoms with Gasteiger partial charge in [0.25, 0.3) is 0 Å². The molecule has 0 aromatic carbocycles. The van der Waals surface area contributed by atoms with Crippen LogP contribution in [-0.2, 0) is 0 Å². The molecule has 0 aliphatic heterocycles. The third kappa shape index (κ3) is 11.3. The molecule has 0 saturated carbocycles. The first-order chi connectivity index (χ1) is 7.02. The number of hydrogen-bond donors (Lipinski definition) is 2. The molecule has 0 spiro atoms. The Morgan fingerprint density at radius 3 is 2.27 bits per heavy atom. The van der Waals surface area contributed by atoms with Gasteiger partial charge in [-0.25, -0.2) is 0 Å². The van der Waals surface area contributed by atoms with Crippen molar-refractivity contribution in [2.45, 2.75) is 58.7 Å². The molecule has 0 rings (SSSR count). The lowest BCUT2D eigenvalue weighted by Crippen LogP contribution is -1.98. The van der Waals surface area contributed by atoms with Gasteiger partial charge in [0, 0.05) is 0 Å². The lowest BCUT2D eigenvalue weighted by Gasteiger charge is -2.02. The summed E-state index contributed by atoms with van der Waals surface area (Å²) in [6.07, 6.45) is 9.24. The number of allylic oxidation sites excluding steroid dienone is 4. The van der Waals surface area contributed by atoms with Gasteiger partial charge in [-0.3, -0.25) is 0 Å². The zero-order valence-corrected chi connectivity index (χ0v) is 10.1. The van der Waals surface area contributed by atoms with Crippen molar-refractivity contribution >= 4 is 0 Å². The van der Waals surface area contributed by atoms with Crippen LogP contribution in [0.2, 0.25) is 0 Å². The predicted octanol–water partition coefficient (Wildman–Crippen LogP) is 2.81. The van der Waals surface area contributed by atoms with Crippen LogP contribution in [0.25, 0.3) is 0 Å². The highest BCUT2D eigenvalue weighted by Crippen LogP contribution is 2.07. The normalized spacial score (nSPS) is 17.0. The minimum atomic E-state index is -0.215. The topological polar surface area (TPSA) is 40.5 Å². The second-order valence-electron chi connectivity index (χ2n) is 4.26. The van der Waals surface area contributed by atoms with Crippen molar-refractivity contribution in [3.8, 4) is 0 Å². The van der Waals surface area contributed by atoms with Crippen LogP contribution in [0.1, 0.15) is 46.5 Å². The van der Waals surface area contributed by atoms with Crippen molar-refractivity contribution in [1.29, 1.82) is 0 Å². The van der Waals surface area contributed by atoms with Crippen molar-refractivity contribution in [1.82, 2.24) is 0 Å².